The predicted molar refractivity (Wildman–Crippen MR) is 74.2 cm³/mol. The molecule has 3 N–H and O–H groups in total. The van der Waals surface area contributed by atoms with E-state index in [0.717, 1.165) is 6.07 Å². The van der Waals surface area contributed by atoms with Crippen LogP contribution in [0.5, 0.6) is 0 Å². The fraction of sp³-hybridized carbons (Fsp3) is 0.500. The molecule has 0 saturated carbocycles. The second kappa shape index (κ2) is 6.09. The van der Waals surface area contributed by atoms with E-state index in [-0.39, 0.29) is 24.0 Å². The van der Waals surface area contributed by atoms with Gasteiger partial charge in [0.1, 0.15) is 5.82 Å². The molecule has 0 aliphatic carbocycles. The zero-order valence-electron chi connectivity index (χ0n) is 11.4. The van der Waals surface area contributed by atoms with E-state index in [0.29, 0.717) is 31.6 Å². The lowest BCUT2D eigenvalue weighted by molar-refractivity contribution is 0.0527. The number of esters is 1. The second-order valence-electron chi connectivity index (χ2n) is 4.83. The smallest absolute Gasteiger partial charge is 0.340 e. The maximum absolute atomic E-state index is 14.0. The van der Waals surface area contributed by atoms with Crippen LogP contribution in [0.25, 0.3) is 0 Å². The number of aliphatic hydroxyl groups excluding tert-OH is 1. The Kier molecular flexibility index (Phi) is 4.44. The molecular formula is C14H19FN2O3. The summed E-state index contributed by atoms with van der Waals surface area (Å²) >= 11 is 0. The highest BCUT2D eigenvalue weighted by Gasteiger charge is 2.22. The standard InChI is InChI=1S/C14H19FN2O3/c1-2-20-14(19)10-7-13(11(15)8-12(10)16)17-5-3-9(18)4-6-17/h7-9,18H,2-6,16H2,1H3. The van der Waals surface area contributed by atoms with Gasteiger partial charge in [-0.1, -0.05) is 0 Å². The van der Waals surface area contributed by atoms with Gasteiger partial charge in [0.05, 0.1) is 24.0 Å². The number of carbonyl (C=O) groups is 1. The van der Waals surface area contributed by atoms with E-state index in [1.165, 1.54) is 6.07 Å². The molecule has 1 aliphatic rings. The molecule has 0 aromatic heterocycles. The van der Waals surface area contributed by atoms with Gasteiger partial charge in [-0.25, -0.2) is 9.18 Å². The number of rotatable bonds is 3. The van der Waals surface area contributed by atoms with Gasteiger partial charge in [0.25, 0.3) is 0 Å². The molecule has 5 nitrogen and oxygen atoms in total. The first-order chi connectivity index (χ1) is 9.52. The van der Waals surface area contributed by atoms with E-state index in [1.807, 2.05) is 4.90 Å². The summed E-state index contributed by atoms with van der Waals surface area (Å²) in [6.45, 7) is 3.03. The van der Waals surface area contributed by atoms with Crippen LogP contribution in [-0.2, 0) is 4.74 Å². The molecule has 1 heterocycles. The number of hydrogen-bond donors (Lipinski definition) is 2. The van der Waals surface area contributed by atoms with Crippen molar-refractivity contribution in [1.29, 1.82) is 0 Å². The number of carbonyl (C=O) groups excluding carboxylic acids is 1. The molecule has 0 unspecified atom stereocenters. The van der Waals surface area contributed by atoms with Crippen molar-refractivity contribution in [2.45, 2.75) is 25.9 Å². The predicted octanol–water partition coefficient (Wildman–Crippen LogP) is 1.55. The van der Waals surface area contributed by atoms with Crippen molar-refractivity contribution in [3.8, 4) is 0 Å². The summed E-state index contributed by atoms with van der Waals surface area (Å²) in [7, 11) is 0. The van der Waals surface area contributed by atoms with Gasteiger partial charge in [-0.2, -0.15) is 0 Å². The average Bonchev–Trinajstić information content (AvgIpc) is 2.40. The molecule has 1 saturated heterocycles. The molecule has 1 fully saturated rings. The molecule has 0 bridgehead atoms. The number of hydrogen-bond acceptors (Lipinski definition) is 5. The van der Waals surface area contributed by atoms with Crippen molar-refractivity contribution in [3.63, 3.8) is 0 Å². The lowest BCUT2D eigenvalue weighted by atomic mass is 10.1. The van der Waals surface area contributed by atoms with Crippen LogP contribution in [0.2, 0.25) is 0 Å². The van der Waals surface area contributed by atoms with Crippen LogP contribution in [0.4, 0.5) is 15.8 Å². The zero-order valence-corrected chi connectivity index (χ0v) is 11.4. The van der Waals surface area contributed by atoms with Crippen molar-refractivity contribution >= 4 is 17.3 Å². The number of anilines is 2. The normalized spacial score (nSPS) is 16.2. The second-order valence-corrected chi connectivity index (χ2v) is 4.83. The van der Waals surface area contributed by atoms with E-state index in [1.54, 1.807) is 6.92 Å². The van der Waals surface area contributed by atoms with E-state index in [9.17, 15) is 14.3 Å². The first-order valence-electron chi connectivity index (χ1n) is 6.72. The van der Waals surface area contributed by atoms with Gasteiger partial charge in [0.15, 0.2) is 0 Å². The lowest BCUT2D eigenvalue weighted by Gasteiger charge is -2.32. The third-order valence-corrected chi connectivity index (χ3v) is 3.42. The van der Waals surface area contributed by atoms with E-state index < -0.39 is 11.8 Å². The van der Waals surface area contributed by atoms with Gasteiger partial charge in [-0.15, -0.1) is 0 Å². The van der Waals surface area contributed by atoms with Crippen molar-refractivity contribution in [2.75, 3.05) is 30.3 Å². The molecule has 1 aromatic rings. The Bertz CT molecular complexity index is 499. The monoisotopic (exact) mass is 282 g/mol. The minimum atomic E-state index is -0.553. The minimum Gasteiger partial charge on any atom is -0.462 e. The number of nitrogens with zero attached hydrogens (tertiary/aromatic N) is 1. The molecule has 110 valence electrons. The van der Waals surface area contributed by atoms with Gasteiger partial charge in [-0.3, -0.25) is 0 Å². The van der Waals surface area contributed by atoms with Gasteiger partial charge < -0.3 is 20.5 Å². The third-order valence-electron chi connectivity index (χ3n) is 3.42. The Morgan fingerprint density at radius 2 is 2.15 bits per heavy atom. The molecule has 2 rings (SSSR count). The third kappa shape index (κ3) is 3.01. The lowest BCUT2D eigenvalue weighted by Crippen LogP contribution is -2.36. The number of aliphatic hydroxyl groups is 1. The molecule has 0 amide bonds. The molecular weight excluding hydrogens is 263 g/mol. The van der Waals surface area contributed by atoms with Crippen LogP contribution in [-0.4, -0.2) is 36.9 Å². The number of piperidine rings is 1. The Labute approximate surface area is 117 Å². The van der Waals surface area contributed by atoms with Gasteiger partial charge in [0.2, 0.25) is 0 Å². The highest BCUT2D eigenvalue weighted by Crippen LogP contribution is 2.28. The summed E-state index contributed by atoms with van der Waals surface area (Å²) in [6, 6.07) is 2.58. The summed E-state index contributed by atoms with van der Waals surface area (Å²) in [5.41, 5.74) is 6.25. The molecule has 6 heteroatoms. The van der Waals surface area contributed by atoms with Crippen molar-refractivity contribution in [3.05, 3.63) is 23.5 Å². The average molecular weight is 282 g/mol. The number of ether oxygens (including phenoxy) is 1. The van der Waals surface area contributed by atoms with Crippen molar-refractivity contribution < 1.29 is 19.0 Å². The van der Waals surface area contributed by atoms with Crippen molar-refractivity contribution in [2.24, 2.45) is 0 Å². The largest absolute Gasteiger partial charge is 0.462 e. The summed E-state index contributed by atoms with van der Waals surface area (Å²) in [4.78, 5) is 13.6. The van der Waals surface area contributed by atoms with E-state index in [2.05, 4.69) is 0 Å². The van der Waals surface area contributed by atoms with Crippen LogP contribution in [0.3, 0.4) is 0 Å². The molecule has 1 aliphatic heterocycles. The van der Waals surface area contributed by atoms with Crippen LogP contribution in [0, 0.1) is 5.82 Å². The van der Waals surface area contributed by atoms with Crippen LogP contribution in [0.1, 0.15) is 30.1 Å². The molecule has 0 radical (unpaired) electrons. The molecule has 1 aromatic carbocycles. The summed E-state index contributed by atoms with van der Waals surface area (Å²) in [5, 5.41) is 9.49. The summed E-state index contributed by atoms with van der Waals surface area (Å²) < 4.78 is 18.9. The fourth-order valence-electron chi connectivity index (χ4n) is 2.31. The topological polar surface area (TPSA) is 75.8 Å². The Morgan fingerprint density at radius 1 is 1.50 bits per heavy atom. The fourth-order valence-corrected chi connectivity index (χ4v) is 2.31. The number of benzene rings is 1. The summed E-state index contributed by atoms with van der Waals surface area (Å²) in [5.74, 6) is -1.02. The maximum atomic E-state index is 14.0. The Morgan fingerprint density at radius 3 is 2.75 bits per heavy atom. The molecule has 20 heavy (non-hydrogen) atoms. The van der Waals surface area contributed by atoms with Crippen LogP contribution in [0.15, 0.2) is 12.1 Å². The van der Waals surface area contributed by atoms with Crippen LogP contribution < -0.4 is 10.6 Å². The van der Waals surface area contributed by atoms with Crippen molar-refractivity contribution in [1.82, 2.24) is 0 Å². The van der Waals surface area contributed by atoms with Gasteiger partial charge in [0, 0.05) is 18.8 Å². The van der Waals surface area contributed by atoms with E-state index >= 15 is 0 Å². The number of nitrogens with two attached hydrogens (primary N) is 1. The SMILES string of the molecule is CCOC(=O)c1cc(N2CCC(O)CC2)c(F)cc1N. The van der Waals surface area contributed by atoms with Gasteiger partial charge in [-0.05, 0) is 31.9 Å². The van der Waals surface area contributed by atoms with Gasteiger partial charge >= 0.3 is 5.97 Å². The number of halogens is 1. The minimum absolute atomic E-state index is 0.0711. The zero-order chi connectivity index (χ0) is 14.7. The Balaban J connectivity index is 2.29. The Hall–Kier alpha value is -1.82. The van der Waals surface area contributed by atoms with Crippen LogP contribution >= 0.6 is 0 Å². The first-order valence-corrected chi connectivity index (χ1v) is 6.72. The number of nitrogen functional groups attached to an aromatic ring is 1. The maximum Gasteiger partial charge on any atom is 0.340 e. The molecule has 0 atom stereocenters. The highest BCUT2D eigenvalue weighted by atomic mass is 19.1. The quantitative estimate of drug-likeness (QED) is 0.650. The van der Waals surface area contributed by atoms with E-state index in [4.69, 9.17) is 10.5 Å². The summed E-state index contributed by atoms with van der Waals surface area (Å²) in [6.07, 6.45) is 0.824. The molecule has 0 spiro atoms. The highest BCUT2D eigenvalue weighted by molar-refractivity contribution is 5.96. The first kappa shape index (κ1) is 14.6.